The smallest absolute Gasteiger partial charge is 0.376 e. The number of hydrogen-bond acceptors (Lipinski definition) is 8. The van der Waals surface area contributed by atoms with Crippen molar-refractivity contribution in [3.8, 4) is 5.88 Å². The average molecular weight is 401 g/mol. The molecule has 4 rings (SSSR count). The van der Waals surface area contributed by atoms with E-state index in [0.717, 1.165) is 38.6 Å². The summed E-state index contributed by atoms with van der Waals surface area (Å²) in [4.78, 5) is 23.2. The molecule has 0 N–H and O–H groups in total. The van der Waals surface area contributed by atoms with Crippen molar-refractivity contribution in [1.82, 2.24) is 24.6 Å². The summed E-state index contributed by atoms with van der Waals surface area (Å²) >= 11 is 0. The number of carbonyl (C=O) groups excluding carboxylic acids is 1. The Hall–Kier alpha value is -2.52. The van der Waals surface area contributed by atoms with Crippen LogP contribution in [0.2, 0.25) is 0 Å². The first-order chi connectivity index (χ1) is 14.1. The van der Waals surface area contributed by atoms with Gasteiger partial charge in [0.1, 0.15) is 11.5 Å². The van der Waals surface area contributed by atoms with Crippen molar-refractivity contribution >= 4 is 17.0 Å². The molecule has 0 saturated carbocycles. The molecular weight excluding hydrogens is 374 g/mol. The highest BCUT2D eigenvalue weighted by Crippen LogP contribution is 2.31. The minimum absolute atomic E-state index is 0.0600. The Morgan fingerprint density at radius 2 is 2.21 bits per heavy atom. The van der Waals surface area contributed by atoms with Gasteiger partial charge in [-0.15, -0.1) is 0 Å². The summed E-state index contributed by atoms with van der Waals surface area (Å²) in [5.74, 6) is -0.375. The van der Waals surface area contributed by atoms with Crippen LogP contribution in [-0.4, -0.2) is 70.1 Å². The van der Waals surface area contributed by atoms with Crippen molar-refractivity contribution in [1.29, 1.82) is 0 Å². The number of likely N-dealkylation sites (N-methyl/N-ethyl adjacent to an activating group) is 1. The van der Waals surface area contributed by atoms with Crippen molar-refractivity contribution in [2.75, 3.05) is 27.3 Å². The first kappa shape index (κ1) is 19.8. The molecule has 3 atom stereocenters. The predicted molar refractivity (Wildman–Crippen MR) is 106 cm³/mol. The van der Waals surface area contributed by atoms with Crippen LogP contribution in [0.3, 0.4) is 0 Å². The molecule has 4 heterocycles. The van der Waals surface area contributed by atoms with E-state index < -0.39 is 5.97 Å². The minimum Gasteiger partial charge on any atom is -0.468 e. The molecule has 0 amide bonds. The van der Waals surface area contributed by atoms with Gasteiger partial charge in [-0.25, -0.2) is 14.5 Å². The van der Waals surface area contributed by atoms with Gasteiger partial charge in [0.05, 0.1) is 19.3 Å². The molecule has 2 fully saturated rings. The minimum atomic E-state index is -0.623. The topological polar surface area (TPSA) is 91.6 Å². The number of nitrogens with zero attached hydrogens (tertiary/aromatic N) is 5. The van der Waals surface area contributed by atoms with Crippen LogP contribution in [0.25, 0.3) is 11.0 Å². The fraction of sp³-hybridized carbons (Fsp3) is 0.600. The third-order valence-corrected chi connectivity index (χ3v) is 5.65. The van der Waals surface area contributed by atoms with Gasteiger partial charge in [0.2, 0.25) is 11.7 Å². The maximum Gasteiger partial charge on any atom is 0.376 e. The van der Waals surface area contributed by atoms with Crippen LogP contribution >= 0.6 is 0 Å². The van der Waals surface area contributed by atoms with Crippen molar-refractivity contribution in [3.63, 3.8) is 0 Å². The van der Waals surface area contributed by atoms with Gasteiger partial charge in [0.25, 0.3) is 0 Å². The number of fused-ring (bicyclic) bond motifs is 1. The molecule has 29 heavy (non-hydrogen) atoms. The third-order valence-electron chi connectivity index (χ3n) is 5.65. The summed E-state index contributed by atoms with van der Waals surface area (Å²) in [6.07, 6.45) is 8.02. The van der Waals surface area contributed by atoms with E-state index in [0.29, 0.717) is 23.5 Å². The lowest BCUT2D eigenvalue weighted by Crippen LogP contribution is -2.39. The number of likely N-dealkylation sites (tertiary alicyclic amines) is 1. The van der Waals surface area contributed by atoms with E-state index in [1.807, 2.05) is 0 Å². The first-order valence-electron chi connectivity index (χ1n) is 10.1. The summed E-state index contributed by atoms with van der Waals surface area (Å²) in [6.45, 7) is 5.63. The van der Waals surface area contributed by atoms with Crippen molar-refractivity contribution in [3.05, 3.63) is 24.7 Å². The molecule has 2 aliphatic rings. The van der Waals surface area contributed by atoms with E-state index in [-0.39, 0.29) is 24.2 Å². The molecule has 0 aliphatic carbocycles. The largest absolute Gasteiger partial charge is 0.468 e. The highest BCUT2D eigenvalue weighted by atomic mass is 16.5. The number of carbonyl (C=O) groups is 1. The quantitative estimate of drug-likeness (QED) is 0.538. The van der Waals surface area contributed by atoms with Gasteiger partial charge < -0.3 is 14.2 Å². The lowest BCUT2D eigenvalue weighted by atomic mass is 10.1. The van der Waals surface area contributed by atoms with E-state index in [9.17, 15) is 4.79 Å². The summed E-state index contributed by atoms with van der Waals surface area (Å²) < 4.78 is 18.7. The molecule has 0 spiro atoms. The molecule has 156 valence electrons. The molecule has 2 saturated heterocycles. The number of rotatable bonds is 6. The zero-order valence-corrected chi connectivity index (χ0v) is 16.9. The first-order valence-corrected chi connectivity index (χ1v) is 10.1. The Balaban J connectivity index is 1.74. The van der Waals surface area contributed by atoms with Crippen molar-refractivity contribution < 1.29 is 19.0 Å². The zero-order chi connectivity index (χ0) is 20.4. The number of methoxy groups -OCH3 is 1. The second-order valence-corrected chi connectivity index (χ2v) is 7.50. The Morgan fingerprint density at radius 1 is 1.34 bits per heavy atom. The normalized spacial score (nSPS) is 23.8. The fourth-order valence-corrected chi connectivity index (χ4v) is 4.06. The second kappa shape index (κ2) is 8.46. The predicted octanol–water partition coefficient (Wildman–Crippen LogP) is 2.34. The Labute approximate surface area is 169 Å². The van der Waals surface area contributed by atoms with Crippen LogP contribution in [0, 0.1) is 0 Å². The number of ether oxygens (including phenoxy) is 3. The van der Waals surface area contributed by atoms with E-state index in [1.54, 1.807) is 17.0 Å². The number of hydrogen-bond donors (Lipinski definition) is 0. The van der Waals surface area contributed by atoms with Gasteiger partial charge in [-0.05, 0) is 51.8 Å². The second-order valence-electron chi connectivity index (χ2n) is 7.50. The molecule has 9 heteroatoms. The van der Waals surface area contributed by atoms with E-state index in [1.165, 1.54) is 7.11 Å². The van der Waals surface area contributed by atoms with Gasteiger partial charge in [-0.3, -0.25) is 4.90 Å². The number of aromatic nitrogens is 4. The van der Waals surface area contributed by atoms with Gasteiger partial charge in [0.15, 0.2) is 11.9 Å². The van der Waals surface area contributed by atoms with E-state index >= 15 is 0 Å². The standard InChI is InChI=1S/C20H27N5O4/c1-4-15(14-8-7-10-24(14)2)29-19-13-12-21-25(16-9-5-6-11-28-16)18(13)22-17(23-19)20(26)27-3/h4,12,14-16H,1,5-11H2,2-3H3/t14-,15-,16?/m0/s1. The maximum atomic E-state index is 12.2. The SMILES string of the molecule is C=C[C@H](Oc1nc(C(=O)OC)nc2c1cnn2C1CCCCO1)[C@@H]1CCCN1C. The molecule has 0 radical (unpaired) electrons. The molecule has 2 aliphatic heterocycles. The third kappa shape index (κ3) is 3.84. The Kier molecular flexibility index (Phi) is 5.77. The van der Waals surface area contributed by atoms with Crippen molar-refractivity contribution in [2.24, 2.45) is 0 Å². The van der Waals surface area contributed by atoms with Gasteiger partial charge >= 0.3 is 5.97 Å². The summed E-state index contributed by atoms with van der Waals surface area (Å²) in [5, 5.41) is 5.11. The highest BCUT2D eigenvalue weighted by Gasteiger charge is 2.31. The Bertz CT molecular complexity index is 892. The molecule has 9 nitrogen and oxygen atoms in total. The van der Waals surface area contributed by atoms with Crippen LogP contribution < -0.4 is 4.74 Å². The van der Waals surface area contributed by atoms with Gasteiger partial charge in [-0.1, -0.05) is 6.58 Å². The lowest BCUT2D eigenvalue weighted by molar-refractivity contribution is -0.0370. The molecular formula is C20H27N5O4. The maximum absolute atomic E-state index is 12.2. The highest BCUT2D eigenvalue weighted by molar-refractivity contribution is 5.89. The van der Waals surface area contributed by atoms with Crippen molar-refractivity contribution in [2.45, 2.75) is 50.5 Å². The monoisotopic (exact) mass is 401 g/mol. The van der Waals surface area contributed by atoms with Crippen LogP contribution in [0.4, 0.5) is 0 Å². The van der Waals surface area contributed by atoms with Crippen LogP contribution in [0.1, 0.15) is 49.0 Å². The fourth-order valence-electron chi connectivity index (χ4n) is 4.06. The molecule has 2 aromatic heterocycles. The average Bonchev–Trinajstić information content (AvgIpc) is 3.38. The van der Waals surface area contributed by atoms with Crippen LogP contribution in [0.5, 0.6) is 5.88 Å². The summed E-state index contributed by atoms with van der Waals surface area (Å²) in [6, 6.07) is 0.204. The summed E-state index contributed by atoms with van der Waals surface area (Å²) in [5.41, 5.74) is 0.505. The van der Waals surface area contributed by atoms with E-state index in [2.05, 4.69) is 33.6 Å². The van der Waals surface area contributed by atoms with Crippen LogP contribution in [0.15, 0.2) is 18.9 Å². The van der Waals surface area contributed by atoms with Gasteiger partial charge in [0, 0.05) is 6.61 Å². The zero-order valence-electron chi connectivity index (χ0n) is 16.9. The Morgan fingerprint density at radius 3 is 2.86 bits per heavy atom. The van der Waals surface area contributed by atoms with Crippen LogP contribution in [-0.2, 0) is 9.47 Å². The summed E-state index contributed by atoms with van der Waals surface area (Å²) in [7, 11) is 3.38. The lowest BCUT2D eigenvalue weighted by Gasteiger charge is -2.27. The molecule has 0 aromatic carbocycles. The van der Waals surface area contributed by atoms with Gasteiger partial charge in [-0.2, -0.15) is 10.1 Å². The molecule has 1 unspecified atom stereocenters. The number of esters is 1. The molecule has 0 bridgehead atoms. The van der Waals surface area contributed by atoms with E-state index in [4.69, 9.17) is 14.2 Å². The molecule has 2 aromatic rings.